The van der Waals surface area contributed by atoms with Crippen LogP contribution < -0.4 is 11.1 Å². The second kappa shape index (κ2) is 4.98. The molecule has 1 aliphatic rings. The number of rotatable bonds is 4. The van der Waals surface area contributed by atoms with E-state index in [9.17, 15) is 0 Å². The van der Waals surface area contributed by atoms with E-state index in [2.05, 4.69) is 17.2 Å². The van der Waals surface area contributed by atoms with Crippen molar-refractivity contribution in [1.29, 1.82) is 0 Å². The van der Waals surface area contributed by atoms with E-state index in [0.717, 1.165) is 37.4 Å². The molecule has 1 atom stereocenters. The maximum absolute atomic E-state index is 5.71. The molecule has 1 fully saturated rings. The van der Waals surface area contributed by atoms with Crippen molar-refractivity contribution in [3.63, 3.8) is 0 Å². The number of hydrogen-bond donors (Lipinski definition) is 2. The molecular weight excluding hydrogens is 234 g/mol. The molecule has 2 rings (SSSR count). The van der Waals surface area contributed by atoms with Crippen LogP contribution >= 0.6 is 12.2 Å². The average molecular weight is 251 g/mol. The first-order valence-corrected chi connectivity index (χ1v) is 6.14. The Labute approximate surface area is 107 Å². The van der Waals surface area contributed by atoms with Crippen LogP contribution in [0.2, 0.25) is 0 Å². The van der Waals surface area contributed by atoms with Gasteiger partial charge in [0.2, 0.25) is 0 Å². The lowest BCUT2D eigenvalue weighted by molar-refractivity contribution is 0.0315. The maximum Gasteiger partial charge on any atom is 0.136 e. The van der Waals surface area contributed by atoms with Crippen molar-refractivity contribution in [2.24, 2.45) is 5.73 Å². The van der Waals surface area contributed by atoms with Crippen LogP contribution in [0.4, 0.5) is 5.82 Å². The van der Waals surface area contributed by atoms with Crippen molar-refractivity contribution < 1.29 is 4.74 Å². The molecule has 5 heteroatoms. The van der Waals surface area contributed by atoms with Crippen molar-refractivity contribution in [3.8, 4) is 0 Å². The van der Waals surface area contributed by atoms with Gasteiger partial charge in [-0.25, -0.2) is 4.98 Å². The van der Waals surface area contributed by atoms with Gasteiger partial charge in [-0.2, -0.15) is 0 Å². The van der Waals surface area contributed by atoms with Gasteiger partial charge in [0.05, 0.1) is 11.2 Å². The van der Waals surface area contributed by atoms with Crippen LogP contribution in [0.5, 0.6) is 0 Å². The highest BCUT2D eigenvalue weighted by Gasteiger charge is 2.29. The standard InChI is InChI=1S/C12H17N3OS/c1-12(5-3-7-16-12)8-15-11-9(10(13)17)4-2-6-14-11/h2,4,6H,3,5,7-8H2,1H3,(H2,13,17)(H,14,15). The monoisotopic (exact) mass is 251 g/mol. The van der Waals surface area contributed by atoms with Crippen LogP contribution in [0.1, 0.15) is 25.3 Å². The zero-order chi connectivity index (χ0) is 12.3. The molecule has 1 aromatic heterocycles. The first kappa shape index (κ1) is 12.3. The Bertz CT molecular complexity index is 416. The van der Waals surface area contributed by atoms with E-state index in [4.69, 9.17) is 22.7 Å². The molecule has 1 aromatic rings. The summed E-state index contributed by atoms with van der Waals surface area (Å²) >= 11 is 4.99. The number of nitrogens with two attached hydrogens (primary N) is 1. The molecule has 17 heavy (non-hydrogen) atoms. The second-order valence-electron chi connectivity index (χ2n) is 4.52. The first-order chi connectivity index (χ1) is 8.11. The molecule has 0 aromatic carbocycles. The summed E-state index contributed by atoms with van der Waals surface area (Å²) in [5.74, 6) is 0.733. The van der Waals surface area contributed by atoms with Gasteiger partial charge in [-0.1, -0.05) is 12.2 Å². The summed E-state index contributed by atoms with van der Waals surface area (Å²) in [7, 11) is 0. The minimum Gasteiger partial charge on any atom is -0.389 e. The van der Waals surface area contributed by atoms with Crippen LogP contribution in [0, 0.1) is 0 Å². The minimum absolute atomic E-state index is 0.106. The van der Waals surface area contributed by atoms with E-state index in [1.807, 2.05) is 12.1 Å². The molecule has 1 aliphatic heterocycles. The molecule has 0 bridgehead atoms. The molecule has 0 spiro atoms. The Hall–Kier alpha value is -1.20. The van der Waals surface area contributed by atoms with Crippen molar-refractivity contribution in [1.82, 2.24) is 4.98 Å². The van der Waals surface area contributed by atoms with Gasteiger partial charge in [0, 0.05) is 19.3 Å². The number of anilines is 1. The molecule has 2 heterocycles. The van der Waals surface area contributed by atoms with Crippen molar-refractivity contribution in [2.45, 2.75) is 25.4 Å². The molecule has 0 amide bonds. The van der Waals surface area contributed by atoms with Crippen LogP contribution in [0.3, 0.4) is 0 Å². The summed E-state index contributed by atoms with van der Waals surface area (Å²) in [6.07, 6.45) is 3.90. The fourth-order valence-electron chi connectivity index (χ4n) is 1.99. The van der Waals surface area contributed by atoms with Gasteiger partial charge < -0.3 is 15.8 Å². The smallest absolute Gasteiger partial charge is 0.136 e. The third-order valence-electron chi connectivity index (χ3n) is 3.00. The van der Waals surface area contributed by atoms with Gasteiger partial charge >= 0.3 is 0 Å². The fourth-order valence-corrected chi connectivity index (χ4v) is 2.16. The zero-order valence-electron chi connectivity index (χ0n) is 9.90. The molecule has 4 nitrogen and oxygen atoms in total. The Balaban J connectivity index is 2.06. The molecule has 0 aliphatic carbocycles. The van der Waals surface area contributed by atoms with E-state index >= 15 is 0 Å². The fraction of sp³-hybridized carbons (Fsp3) is 0.500. The third kappa shape index (κ3) is 2.92. The Morgan fingerprint density at radius 2 is 2.53 bits per heavy atom. The summed E-state index contributed by atoms with van der Waals surface area (Å²) in [4.78, 5) is 4.62. The van der Waals surface area contributed by atoms with Gasteiger partial charge in [-0.15, -0.1) is 0 Å². The number of ether oxygens (including phenoxy) is 1. The average Bonchev–Trinajstić information content (AvgIpc) is 2.74. The maximum atomic E-state index is 5.71. The third-order valence-corrected chi connectivity index (χ3v) is 3.22. The summed E-state index contributed by atoms with van der Waals surface area (Å²) in [6, 6.07) is 3.70. The summed E-state index contributed by atoms with van der Waals surface area (Å²) < 4.78 is 5.71. The van der Waals surface area contributed by atoms with Gasteiger partial charge in [-0.05, 0) is 31.9 Å². The SMILES string of the molecule is CC1(CNc2ncccc2C(N)=S)CCCO1. The largest absolute Gasteiger partial charge is 0.389 e. The number of thiocarbonyl (C=S) groups is 1. The summed E-state index contributed by atoms with van der Waals surface area (Å²) in [6.45, 7) is 3.67. The van der Waals surface area contributed by atoms with Crippen LogP contribution in [0.15, 0.2) is 18.3 Å². The predicted octanol–water partition coefficient (Wildman–Crippen LogP) is 1.70. The highest BCUT2D eigenvalue weighted by molar-refractivity contribution is 7.80. The topological polar surface area (TPSA) is 60.2 Å². The van der Waals surface area contributed by atoms with E-state index in [1.54, 1.807) is 6.20 Å². The van der Waals surface area contributed by atoms with Gasteiger partial charge in [-0.3, -0.25) is 0 Å². The molecule has 1 saturated heterocycles. The lowest BCUT2D eigenvalue weighted by Gasteiger charge is -2.24. The number of aromatic nitrogens is 1. The van der Waals surface area contributed by atoms with E-state index < -0.39 is 0 Å². The highest BCUT2D eigenvalue weighted by atomic mass is 32.1. The summed E-state index contributed by atoms with van der Waals surface area (Å²) in [5.41, 5.74) is 6.33. The number of hydrogen-bond acceptors (Lipinski definition) is 4. The Kier molecular flexibility index (Phi) is 3.59. The molecular formula is C12H17N3OS. The predicted molar refractivity (Wildman–Crippen MR) is 72.2 cm³/mol. The second-order valence-corrected chi connectivity index (χ2v) is 4.96. The van der Waals surface area contributed by atoms with E-state index in [1.165, 1.54) is 0 Å². The Morgan fingerprint density at radius 1 is 1.71 bits per heavy atom. The minimum atomic E-state index is -0.106. The van der Waals surface area contributed by atoms with Crippen molar-refractivity contribution in [2.75, 3.05) is 18.5 Å². The van der Waals surface area contributed by atoms with Crippen molar-refractivity contribution in [3.05, 3.63) is 23.9 Å². The number of nitrogens with zero attached hydrogens (tertiary/aromatic N) is 1. The number of nitrogens with one attached hydrogen (secondary N) is 1. The van der Waals surface area contributed by atoms with Gasteiger partial charge in [0.25, 0.3) is 0 Å². The van der Waals surface area contributed by atoms with Crippen molar-refractivity contribution >= 4 is 23.0 Å². The highest BCUT2D eigenvalue weighted by Crippen LogP contribution is 2.25. The van der Waals surface area contributed by atoms with Crippen LogP contribution in [-0.4, -0.2) is 28.7 Å². The molecule has 3 N–H and O–H groups in total. The van der Waals surface area contributed by atoms with E-state index in [-0.39, 0.29) is 5.60 Å². The molecule has 0 radical (unpaired) electrons. The summed E-state index contributed by atoms with van der Waals surface area (Å²) in [5, 5.41) is 3.27. The Morgan fingerprint density at radius 3 is 3.18 bits per heavy atom. The number of pyridine rings is 1. The zero-order valence-corrected chi connectivity index (χ0v) is 10.7. The van der Waals surface area contributed by atoms with Gasteiger partial charge in [0.15, 0.2) is 0 Å². The molecule has 0 saturated carbocycles. The molecule has 92 valence electrons. The quantitative estimate of drug-likeness (QED) is 0.798. The molecule has 1 unspecified atom stereocenters. The van der Waals surface area contributed by atoms with Gasteiger partial charge in [0.1, 0.15) is 10.8 Å². The van der Waals surface area contributed by atoms with E-state index in [0.29, 0.717) is 4.99 Å². The van der Waals surface area contributed by atoms with Crippen LogP contribution in [-0.2, 0) is 4.74 Å². The lowest BCUT2D eigenvalue weighted by Crippen LogP contribution is -2.33. The normalized spacial score (nSPS) is 23.6. The lowest BCUT2D eigenvalue weighted by atomic mass is 10.0. The van der Waals surface area contributed by atoms with Crippen LogP contribution in [0.25, 0.3) is 0 Å². The first-order valence-electron chi connectivity index (χ1n) is 5.73.